The second-order valence-corrected chi connectivity index (χ2v) is 4.03. The Balaban J connectivity index is 2.24. The Kier molecular flexibility index (Phi) is 5.35. The number of hydrogen-bond donors (Lipinski definition) is 2. The van der Waals surface area contributed by atoms with Crippen LogP contribution < -0.4 is 10.6 Å². The summed E-state index contributed by atoms with van der Waals surface area (Å²) in [6.45, 7) is 6.38. The van der Waals surface area contributed by atoms with Crippen molar-refractivity contribution in [1.29, 1.82) is 0 Å². The molecule has 0 radical (unpaired) electrons. The van der Waals surface area contributed by atoms with Crippen LogP contribution >= 0.6 is 0 Å². The van der Waals surface area contributed by atoms with Gasteiger partial charge in [0.2, 0.25) is 0 Å². The summed E-state index contributed by atoms with van der Waals surface area (Å²) in [5.41, 5.74) is 0.753. The number of nitrogens with one attached hydrogen (secondary N) is 2. The molecule has 0 aliphatic carbocycles. The standard InChI is InChI=1S/C12H18F2N2/c1-9(2)16-6-5-15-8-10-3-4-11(13)12(14)7-10/h3-4,7,9,15-16H,5-6,8H2,1-2H3. The molecule has 0 aliphatic rings. The summed E-state index contributed by atoms with van der Waals surface area (Å²) in [5.74, 6) is -1.59. The lowest BCUT2D eigenvalue weighted by Gasteiger charge is -2.09. The highest BCUT2D eigenvalue weighted by Gasteiger charge is 2.01. The van der Waals surface area contributed by atoms with E-state index in [1.807, 2.05) is 0 Å². The molecule has 2 nitrogen and oxygen atoms in total. The molecule has 1 aromatic rings. The van der Waals surface area contributed by atoms with E-state index >= 15 is 0 Å². The fourth-order valence-electron chi connectivity index (χ4n) is 1.33. The molecule has 1 aromatic carbocycles. The van der Waals surface area contributed by atoms with Crippen LogP contribution in [0.5, 0.6) is 0 Å². The van der Waals surface area contributed by atoms with Gasteiger partial charge in [-0.15, -0.1) is 0 Å². The van der Waals surface area contributed by atoms with E-state index in [9.17, 15) is 8.78 Å². The molecule has 0 aliphatic heterocycles. The van der Waals surface area contributed by atoms with E-state index in [0.29, 0.717) is 12.6 Å². The zero-order valence-electron chi connectivity index (χ0n) is 9.69. The molecule has 0 fully saturated rings. The van der Waals surface area contributed by atoms with Gasteiger partial charge in [-0.2, -0.15) is 0 Å². The predicted molar refractivity (Wildman–Crippen MR) is 61.2 cm³/mol. The fraction of sp³-hybridized carbons (Fsp3) is 0.500. The van der Waals surface area contributed by atoms with Gasteiger partial charge in [-0.05, 0) is 17.7 Å². The maximum Gasteiger partial charge on any atom is 0.159 e. The average Bonchev–Trinajstić information content (AvgIpc) is 2.22. The minimum absolute atomic E-state index is 0.463. The van der Waals surface area contributed by atoms with Crippen LogP contribution in [0.3, 0.4) is 0 Å². The second-order valence-electron chi connectivity index (χ2n) is 4.03. The topological polar surface area (TPSA) is 24.1 Å². The normalized spacial score (nSPS) is 11.1. The van der Waals surface area contributed by atoms with Crippen LogP contribution in [0.1, 0.15) is 19.4 Å². The molecular weight excluding hydrogens is 210 g/mol. The summed E-state index contributed by atoms with van der Waals surface area (Å²) in [6, 6.07) is 4.42. The lowest BCUT2D eigenvalue weighted by molar-refractivity contribution is 0.505. The van der Waals surface area contributed by atoms with Crippen molar-refractivity contribution in [2.24, 2.45) is 0 Å². The van der Waals surface area contributed by atoms with Crippen LogP contribution in [0.15, 0.2) is 18.2 Å². The lowest BCUT2D eigenvalue weighted by atomic mass is 10.2. The highest BCUT2D eigenvalue weighted by atomic mass is 19.2. The van der Waals surface area contributed by atoms with Crippen molar-refractivity contribution in [3.8, 4) is 0 Å². The van der Waals surface area contributed by atoms with Crippen LogP contribution in [-0.4, -0.2) is 19.1 Å². The molecule has 0 unspecified atom stereocenters. The molecule has 0 aromatic heterocycles. The Labute approximate surface area is 95.1 Å². The van der Waals surface area contributed by atoms with Crippen LogP contribution in [-0.2, 0) is 6.54 Å². The Bertz CT molecular complexity index is 327. The van der Waals surface area contributed by atoms with Crippen LogP contribution in [0.25, 0.3) is 0 Å². The van der Waals surface area contributed by atoms with E-state index in [1.165, 1.54) is 6.07 Å². The van der Waals surface area contributed by atoms with Gasteiger partial charge in [0.1, 0.15) is 0 Å². The van der Waals surface area contributed by atoms with E-state index in [2.05, 4.69) is 24.5 Å². The van der Waals surface area contributed by atoms with E-state index in [1.54, 1.807) is 6.07 Å². The average molecular weight is 228 g/mol. The SMILES string of the molecule is CC(C)NCCNCc1ccc(F)c(F)c1. The molecule has 0 atom stereocenters. The molecule has 16 heavy (non-hydrogen) atoms. The summed E-state index contributed by atoms with van der Waals surface area (Å²) in [6.07, 6.45) is 0. The summed E-state index contributed by atoms with van der Waals surface area (Å²) in [7, 11) is 0. The predicted octanol–water partition coefficient (Wildman–Crippen LogP) is 2.05. The van der Waals surface area contributed by atoms with Crippen molar-refractivity contribution in [1.82, 2.24) is 10.6 Å². The first kappa shape index (κ1) is 13.1. The molecule has 0 bridgehead atoms. The molecule has 0 amide bonds. The van der Waals surface area contributed by atoms with E-state index in [-0.39, 0.29) is 0 Å². The van der Waals surface area contributed by atoms with E-state index in [0.717, 1.165) is 24.7 Å². The van der Waals surface area contributed by atoms with Crippen LogP contribution in [0.2, 0.25) is 0 Å². The number of benzene rings is 1. The van der Waals surface area contributed by atoms with Gasteiger partial charge in [-0.25, -0.2) is 8.78 Å². The summed E-state index contributed by atoms with van der Waals surface area (Å²) in [5, 5.41) is 6.41. The van der Waals surface area contributed by atoms with Gasteiger partial charge in [0.15, 0.2) is 11.6 Å². The first-order valence-corrected chi connectivity index (χ1v) is 5.47. The van der Waals surface area contributed by atoms with Gasteiger partial charge >= 0.3 is 0 Å². The maximum atomic E-state index is 12.8. The van der Waals surface area contributed by atoms with Crippen molar-refractivity contribution < 1.29 is 8.78 Å². The number of rotatable bonds is 6. The molecule has 0 heterocycles. The highest BCUT2D eigenvalue weighted by Crippen LogP contribution is 2.07. The van der Waals surface area contributed by atoms with Gasteiger partial charge < -0.3 is 10.6 Å². The van der Waals surface area contributed by atoms with Gasteiger partial charge in [0, 0.05) is 25.7 Å². The smallest absolute Gasteiger partial charge is 0.159 e. The van der Waals surface area contributed by atoms with Crippen molar-refractivity contribution in [2.75, 3.05) is 13.1 Å². The molecular formula is C12H18F2N2. The summed E-state index contributed by atoms with van der Waals surface area (Å²) >= 11 is 0. The van der Waals surface area contributed by atoms with Crippen molar-refractivity contribution >= 4 is 0 Å². The third-order valence-electron chi connectivity index (χ3n) is 2.17. The minimum Gasteiger partial charge on any atom is -0.313 e. The molecule has 4 heteroatoms. The molecule has 2 N–H and O–H groups in total. The Hall–Kier alpha value is -1.00. The van der Waals surface area contributed by atoms with Crippen molar-refractivity contribution in [3.05, 3.63) is 35.4 Å². The maximum absolute atomic E-state index is 12.8. The third kappa shape index (κ3) is 4.68. The van der Waals surface area contributed by atoms with Crippen molar-refractivity contribution in [3.63, 3.8) is 0 Å². The van der Waals surface area contributed by atoms with Crippen LogP contribution in [0, 0.1) is 11.6 Å². The lowest BCUT2D eigenvalue weighted by Crippen LogP contribution is -2.31. The first-order chi connectivity index (χ1) is 7.59. The summed E-state index contributed by atoms with van der Waals surface area (Å²) < 4.78 is 25.5. The van der Waals surface area contributed by atoms with Gasteiger partial charge in [-0.3, -0.25) is 0 Å². The van der Waals surface area contributed by atoms with Crippen LogP contribution in [0.4, 0.5) is 8.78 Å². The minimum atomic E-state index is -0.801. The molecule has 90 valence electrons. The summed E-state index contributed by atoms with van der Waals surface area (Å²) in [4.78, 5) is 0. The quantitative estimate of drug-likeness (QED) is 0.728. The Morgan fingerprint density at radius 1 is 1.12 bits per heavy atom. The van der Waals surface area contributed by atoms with Gasteiger partial charge in [-0.1, -0.05) is 19.9 Å². The monoisotopic (exact) mass is 228 g/mol. The number of hydrogen-bond acceptors (Lipinski definition) is 2. The zero-order chi connectivity index (χ0) is 12.0. The second kappa shape index (κ2) is 6.55. The Morgan fingerprint density at radius 2 is 1.88 bits per heavy atom. The van der Waals surface area contributed by atoms with E-state index < -0.39 is 11.6 Å². The van der Waals surface area contributed by atoms with Crippen molar-refractivity contribution in [2.45, 2.75) is 26.4 Å². The molecule has 1 rings (SSSR count). The largest absolute Gasteiger partial charge is 0.313 e. The third-order valence-corrected chi connectivity index (χ3v) is 2.17. The van der Waals surface area contributed by atoms with Gasteiger partial charge in [0.25, 0.3) is 0 Å². The molecule has 0 spiro atoms. The first-order valence-electron chi connectivity index (χ1n) is 5.47. The Morgan fingerprint density at radius 3 is 2.50 bits per heavy atom. The van der Waals surface area contributed by atoms with Gasteiger partial charge in [0.05, 0.1) is 0 Å². The number of halogens is 2. The molecule has 0 saturated heterocycles. The fourth-order valence-corrected chi connectivity index (χ4v) is 1.33. The molecule has 0 saturated carbocycles. The zero-order valence-corrected chi connectivity index (χ0v) is 9.69. The highest BCUT2D eigenvalue weighted by molar-refractivity contribution is 5.17. The van der Waals surface area contributed by atoms with E-state index in [4.69, 9.17) is 0 Å².